The van der Waals surface area contributed by atoms with Crippen LogP contribution in [-0.4, -0.2) is 0 Å². The van der Waals surface area contributed by atoms with Crippen LogP contribution in [-0.2, 0) is 45.4 Å². The van der Waals surface area contributed by atoms with E-state index < -0.39 is 0 Å². The third-order valence-corrected chi connectivity index (χ3v) is 9.17. The summed E-state index contributed by atoms with van der Waals surface area (Å²) in [4.78, 5) is 0. The first kappa shape index (κ1) is 38.0. The molecule has 7 rings (SSSR count). The summed E-state index contributed by atoms with van der Waals surface area (Å²) in [7, 11) is 0. The van der Waals surface area contributed by atoms with Crippen molar-refractivity contribution < 1.29 is 28.4 Å². The van der Waals surface area contributed by atoms with E-state index in [1.807, 2.05) is 176 Å². The fourth-order valence-corrected chi connectivity index (χ4v) is 6.13. The van der Waals surface area contributed by atoms with Crippen molar-refractivity contribution in [1.29, 1.82) is 0 Å². The molecule has 0 saturated heterocycles. The molecule has 56 heavy (non-hydrogen) atoms. The largest absolute Gasteiger partial charge is 0.489 e. The maximum atomic E-state index is 6.38. The van der Waals surface area contributed by atoms with E-state index in [9.17, 15) is 0 Å². The van der Waals surface area contributed by atoms with Crippen LogP contribution in [0, 0.1) is 0 Å². The maximum Gasteiger partial charge on any atom is 0.123 e. The lowest BCUT2D eigenvalue weighted by atomic mass is 10.2. The second kappa shape index (κ2) is 19.9. The highest BCUT2D eigenvalue weighted by Gasteiger charge is 2.10. The highest BCUT2D eigenvalue weighted by atomic mass is 32.1. The predicted octanol–water partition coefficient (Wildman–Crippen LogP) is 11.6. The lowest BCUT2D eigenvalue weighted by Gasteiger charge is -2.15. The van der Waals surface area contributed by atoms with Crippen molar-refractivity contribution in [3.05, 3.63) is 215 Å². The molecule has 0 spiro atoms. The number of hydrogen-bond acceptors (Lipinski definition) is 7. The lowest BCUT2D eigenvalue weighted by Crippen LogP contribution is -2.03. The molecule has 0 aliphatic heterocycles. The van der Waals surface area contributed by atoms with Crippen LogP contribution in [0.3, 0.4) is 0 Å². The van der Waals surface area contributed by atoms with Gasteiger partial charge in [0.25, 0.3) is 0 Å². The Balaban J connectivity index is 1.04. The molecule has 0 atom stereocenters. The van der Waals surface area contributed by atoms with Crippen molar-refractivity contribution in [3.8, 4) is 34.5 Å². The zero-order chi connectivity index (χ0) is 38.2. The van der Waals surface area contributed by atoms with E-state index in [1.54, 1.807) is 0 Å². The first-order valence-corrected chi connectivity index (χ1v) is 19.2. The molecule has 7 aromatic rings. The second-order valence-corrected chi connectivity index (χ2v) is 13.6. The smallest absolute Gasteiger partial charge is 0.123 e. The number of hydrogen-bond donors (Lipinski definition) is 1. The second-order valence-electron chi connectivity index (χ2n) is 13.3. The first-order chi connectivity index (χ1) is 27.6. The molecule has 0 saturated carbocycles. The van der Waals surface area contributed by atoms with Gasteiger partial charge in [0.05, 0.1) is 0 Å². The van der Waals surface area contributed by atoms with E-state index in [4.69, 9.17) is 28.4 Å². The topological polar surface area (TPSA) is 55.4 Å². The molecule has 0 fully saturated rings. The van der Waals surface area contributed by atoms with Gasteiger partial charge in [0.15, 0.2) is 0 Å². The summed E-state index contributed by atoms with van der Waals surface area (Å²) in [6, 6.07) is 58.0. The van der Waals surface area contributed by atoms with Gasteiger partial charge in [-0.15, -0.1) is 0 Å². The van der Waals surface area contributed by atoms with Crippen LogP contribution in [0.25, 0.3) is 0 Å². The van der Waals surface area contributed by atoms with Gasteiger partial charge < -0.3 is 28.4 Å². The minimum atomic E-state index is 0.294. The zero-order valence-electron chi connectivity index (χ0n) is 31.1. The molecule has 0 unspecified atom stereocenters. The summed E-state index contributed by atoms with van der Waals surface area (Å²) in [6.45, 7) is 2.35. The molecule has 0 N–H and O–H groups in total. The summed E-state index contributed by atoms with van der Waals surface area (Å²) in [6.07, 6.45) is 0. The SMILES string of the molecule is SCc1cc(OCc2cc(OCc3ccccc3)cc(OCc3ccccc3)c2)cc(OCc2cc(OCc3ccccc3)cc(OCc3ccccc3)c2)c1. The zero-order valence-corrected chi connectivity index (χ0v) is 32.0. The molecule has 0 radical (unpaired) electrons. The van der Waals surface area contributed by atoms with E-state index >= 15 is 0 Å². The monoisotopic (exact) mass is 760 g/mol. The van der Waals surface area contributed by atoms with Crippen LogP contribution in [0.2, 0.25) is 0 Å². The fourth-order valence-electron chi connectivity index (χ4n) is 5.95. The maximum absolute atomic E-state index is 6.38. The first-order valence-electron chi connectivity index (χ1n) is 18.6. The van der Waals surface area contributed by atoms with E-state index in [-0.39, 0.29) is 0 Å². The Kier molecular flexibility index (Phi) is 13.5. The molecule has 0 aliphatic carbocycles. The standard InChI is InChI=1S/C49H44O6S/c56-36-43-25-48(54-34-41-21-44(50-30-37-13-5-1-6-14-37)27-45(22-41)51-31-38-15-7-2-8-16-38)29-49(26-43)55-35-42-23-46(52-32-39-17-9-3-10-18-39)28-47(24-42)53-33-40-19-11-4-12-20-40/h1-29,56H,30-36H2. The molecule has 7 heteroatoms. The van der Waals surface area contributed by atoms with Crippen LogP contribution >= 0.6 is 12.6 Å². The average molecular weight is 761 g/mol. The Labute approximate surface area is 334 Å². The van der Waals surface area contributed by atoms with Crippen LogP contribution in [0.15, 0.2) is 176 Å². The Morgan fingerprint density at radius 3 is 0.696 bits per heavy atom. The third-order valence-electron chi connectivity index (χ3n) is 8.81. The van der Waals surface area contributed by atoms with Gasteiger partial charge in [0, 0.05) is 24.0 Å². The summed E-state index contributed by atoms with van der Waals surface area (Å²) in [5, 5.41) is 0. The average Bonchev–Trinajstić information content (AvgIpc) is 3.26. The fraction of sp³-hybridized carbons (Fsp3) is 0.143. The highest BCUT2D eigenvalue weighted by molar-refractivity contribution is 7.79. The highest BCUT2D eigenvalue weighted by Crippen LogP contribution is 2.30. The summed E-state index contributed by atoms with van der Waals surface area (Å²) in [5.74, 6) is 4.66. The molecule has 0 bridgehead atoms. The summed E-state index contributed by atoms with van der Waals surface area (Å²) in [5.41, 5.74) is 7.12. The summed E-state index contributed by atoms with van der Waals surface area (Å²) < 4.78 is 37.6. The van der Waals surface area contributed by atoms with Crippen LogP contribution in [0.1, 0.15) is 38.9 Å². The van der Waals surface area contributed by atoms with E-state index in [2.05, 4.69) is 12.6 Å². The van der Waals surface area contributed by atoms with E-state index in [0.717, 1.165) is 38.9 Å². The molecule has 0 aliphatic rings. The van der Waals surface area contributed by atoms with Gasteiger partial charge in [-0.25, -0.2) is 0 Å². The van der Waals surface area contributed by atoms with Gasteiger partial charge in [-0.2, -0.15) is 12.6 Å². The number of benzene rings is 7. The Hall–Kier alpha value is -6.31. The molecular weight excluding hydrogens is 717 g/mol. The molecule has 0 amide bonds. The number of ether oxygens (including phenoxy) is 6. The minimum absolute atomic E-state index is 0.294. The van der Waals surface area contributed by atoms with Crippen molar-refractivity contribution in [2.24, 2.45) is 0 Å². The van der Waals surface area contributed by atoms with Crippen molar-refractivity contribution in [3.63, 3.8) is 0 Å². The molecule has 0 aromatic heterocycles. The van der Waals surface area contributed by atoms with Gasteiger partial charge in [-0.3, -0.25) is 0 Å². The Morgan fingerprint density at radius 2 is 0.464 bits per heavy atom. The van der Waals surface area contributed by atoms with Gasteiger partial charge in [-0.1, -0.05) is 121 Å². The van der Waals surface area contributed by atoms with Crippen molar-refractivity contribution >= 4 is 12.6 Å². The normalized spacial score (nSPS) is 10.7. The number of thiol groups is 1. The van der Waals surface area contributed by atoms with E-state index in [1.165, 1.54) is 0 Å². The van der Waals surface area contributed by atoms with Gasteiger partial charge >= 0.3 is 0 Å². The molecular formula is C49H44O6S. The van der Waals surface area contributed by atoms with Crippen LogP contribution in [0.5, 0.6) is 34.5 Å². The van der Waals surface area contributed by atoms with Gasteiger partial charge in [0.1, 0.15) is 74.1 Å². The van der Waals surface area contributed by atoms with Crippen molar-refractivity contribution in [1.82, 2.24) is 0 Å². The van der Waals surface area contributed by atoms with Crippen LogP contribution < -0.4 is 28.4 Å². The van der Waals surface area contributed by atoms with Gasteiger partial charge in [-0.05, 0) is 75.3 Å². The Bertz CT molecular complexity index is 1970. The quantitative estimate of drug-likeness (QED) is 0.0829. The lowest BCUT2D eigenvalue weighted by molar-refractivity contribution is 0.276. The number of rotatable bonds is 19. The Morgan fingerprint density at radius 1 is 0.250 bits per heavy atom. The molecule has 282 valence electrons. The molecule has 7 aromatic carbocycles. The summed E-state index contributed by atoms with van der Waals surface area (Å²) >= 11 is 4.57. The minimum Gasteiger partial charge on any atom is -0.489 e. The third kappa shape index (κ3) is 11.8. The predicted molar refractivity (Wildman–Crippen MR) is 224 cm³/mol. The molecule has 0 heterocycles. The van der Waals surface area contributed by atoms with Crippen LogP contribution in [0.4, 0.5) is 0 Å². The van der Waals surface area contributed by atoms with Crippen molar-refractivity contribution in [2.75, 3.05) is 0 Å². The van der Waals surface area contributed by atoms with Crippen molar-refractivity contribution in [2.45, 2.75) is 45.4 Å². The van der Waals surface area contributed by atoms with Gasteiger partial charge in [0.2, 0.25) is 0 Å². The molecule has 6 nitrogen and oxygen atoms in total. The van der Waals surface area contributed by atoms with E-state index in [0.29, 0.717) is 79.9 Å².